The molecule has 0 spiro atoms. The van der Waals surface area contributed by atoms with E-state index >= 15 is 0 Å². The van der Waals surface area contributed by atoms with E-state index in [1.165, 1.54) is 0 Å². The summed E-state index contributed by atoms with van der Waals surface area (Å²) in [5, 5.41) is 8.78. The summed E-state index contributed by atoms with van der Waals surface area (Å²) in [6.07, 6.45) is 1.72. The van der Waals surface area contributed by atoms with Gasteiger partial charge in [-0.3, -0.25) is 14.5 Å². The zero-order chi connectivity index (χ0) is 15.6. The highest BCUT2D eigenvalue weighted by molar-refractivity contribution is 8.26. The number of thioether (sulfide) groups is 1. The van der Waals surface area contributed by atoms with Crippen molar-refractivity contribution in [1.29, 1.82) is 0 Å². The van der Waals surface area contributed by atoms with Gasteiger partial charge in [-0.15, -0.1) is 0 Å². The normalized spacial score (nSPS) is 16.7. The van der Waals surface area contributed by atoms with E-state index in [1.807, 2.05) is 43.3 Å². The SMILES string of the molecule is CN(C)c1ccc(/C=C2/SC(=S)N(CC(=O)O)C2=O)cc1. The fourth-order valence-corrected chi connectivity index (χ4v) is 3.05. The standard InChI is InChI=1S/C14H14N2O3S2/c1-15(2)10-5-3-9(4-6-10)7-11-13(19)16(8-12(17)18)14(20)21-11/h3-7H,8H2,1-2H3,(H,17,18)/b11-7+. The summed E-state index contributed by atoms with van der Waals surface area (Å²) in [4.78, 5) is 26.4. The van der Waals surface area contributed by atoms with Gasteiger partial charge >= 0.3 is 5.97 Å². The zero-order valence-electron chi connectivity index (χ0n) is 11.6. The number of hydrogen-bond donors (Lipinski definition) is 1. The second-order valence-corrected chi connectivity index (χ2v) is 6.32. The Balaban J connectivity index is 2.20. The zero-order valence-corrected chi connectivity index (χ0v) is 13.2. The Kier molecular flexibility index (Phi) is 4.64. The number of amides is 1. The Morgan fingerprint density at radius 3 is 2.52 bits per heavy atom. The largest absolute Gasteiger partial charge is 0.480 e. The van der Waals surface area contributed by atoms with Crippen LogP contribution >= 0.6 is 24.0 Å². The molecule has 2 rings (SSSR count). The summed E-state index contributed by atoms with van der Waals surface area (Å²) in [5.41, 5.74) is 1.93. The molecule has 1 aromatic carbocycles. The second-order valence-electron chi connectivity index (χ2n) is 4.65. The molecule has 0 atom stereocenters. The molecule has 5 nitrogen and oxygen atoms in total. The number of carboxylic acids is 1. The molecule has 0 radical (unpaired) electrons. The molecule has 1 aliphatic heterocycles. The summed E-state index contributed by atoms with van der Waals surface area (Å²) in [7, 11) is 3.90. The highest BCUT2D eigenvalue weighted by atomic mass is 32.2. The van der Waals surface area contributed by atoms with Crippen LogP contribution in [-0.2, 0) is 9.59 Å². The van der Waals surface area contributed by atoms with Crippen LogP contribution in [0, 0.1) is 0 Å². The summed E-state index contributed by atoms with van der Waals surface area (Å²) in [6.45, 7) is -0.401. The number of anilines is 1. The predicted octanol–water partition coefficient (Wildman–Crippen LogP) is 2.04. The van der Waals surface area contributed by atoms with Crippen molar-refractivity contribution < 1.29 is 14.7 Å². The van der Waals surface area contributed by atoms with Crippen molar-refractivity contribution in [3.63, 3.8) is 0 Å². The van der Waals surface area contributed by atoms with Gasteiger partial charge in [0.15, 0.2) is 0 Å². The molecule has 1 saturated heterocycles. The smallest absolute Gasteiger partial charge is 0.323 e. The molecule has 7 heteroatoms. The molecule has 0 aromatic heterocycles. The second kappa shape index (κ2) is 6.28. The van der Waals surface area contributed by atoms with E-state index in [1.54, 1.807) is 6.08 Å². The first-order chi connectivity index (χ1) is 9.88. The Morgan fingerprint density at radius 2 is 2.00 bits per heavy atom. The molecule has 1 aliphatic rings. The van der Waals surface area contributed by atoms with Crippen molar-refractivity contribution in [2.75, 3.05) is 25.5 Å². The lowest BCUT2D eigenvalue weighted by molar-refractivity contribution is -0.140. The molecule has 110 valence electrons. The van der Waals surface area contributed by atoms with Crippen molar-refractivity contribution in [2.45, 2.75) is 0 Å². The van der Waals surface area contributed by atoms with Crippen molar-refractivity contribution in [2.24, 2.45) is 0 Å². The van der Waals surface area contributed by atoms with Gasteiger partial charge < -0.3 is 10.0 Å². The Morgan fingerprint density at radius 1 is 1.38 bits per heavy atom. The van der Waals surface area contributed by atoms with Gasteiger partial charge in [0, 0.05) is 19.8 Å². The third-order valence-corrected chi connectivity index (χ3v) is 4.25. The number of carboxylic acid groups (broad SMARTS) is 1. The highest BCUT2D eigenvalue weighted by Gasteiger charge is 2.33. The summed E-state index contributed by atoms with van der Waals surface area (Å²) in [6, 6.07) is 7.70. The fourth-order valence-electron chi connectivity index (χ4n) is 1.79. The molecular formula is C14H14N2O3S2. The number of aliphatic carboxylic acids is 1. The van der Waals surface area contributed by atoms with E-state index in [-0.39, 0.29) is 10.2 Å². The minimum atomic E-state index is -1.08. The van der Waals surface area contributed by atoms with Gasteiger partial charge in [0.05, 0.1) is 4.91 Å². The van der Waals surface area contributed by atoms with Gasteiger partial charge in [-0.2, -0.15) is 0 Å². The van der Waals surface area contributed by atoms with Crippen LogP contribution in [0.5, 0.6) is 0 Å². The van der Waals surface area contributed by atoms with Crippen LogP contribution in [0.2, 0.25) is 0 Å². The fraction of sp³-hybridized carbons (Fsp3) is 0.214. The number of carbonyl (C=O) groups is 2. The lowest BCUT2D eigenvalue weighted by Crippen LogP contribution is -2.33. The Bertz CT molecular complexity index is 624. The summed E-state index contributed by atoms with van der Waals surface area (Å²) >= 11 is 6.17. The molecule has 0 bridgehead atoms. The van der Waals surface area contributed by atoms with Crippen molar-refractivity contribution in [3.8, 4) is 0 Å². The Labute approximate surface area is 132 Å². The molecule has 1 N–H and O–H groups in total. The number of thiocarbonyl (C=S) groups is 1. The average molecular weight is 322 g/mol. The average Bonchev–Trinajstić information content (AvgIpc) is 2.67. The first-order valence-electron chi connectivity index (χ1n) is 6.13. The Hall–Kier alpha value is -1.86. The lowest BCUT2D eigenvalue weighted by Gasteiger charge is -2.12. The summed E-state index contributed by atoms with van der Waals surface area (Å²) in [5.74, 6) is -1.44. The minimum Gasteiger partial charge on any atom is -0.480 e. The van der Waals surface area contributed by atoms with Crippen LogP contribution in [0.3, 0.4) is 0 Å². The van der Waals surface area contributed by atoms with E-state index in [0.29, 0.717) is 4.91 Å². The highest BCUT2D eigenvalue weighted by Crippen LogP contribution is 2.32. The van der Waals surface area contributed by atoms with E-state index in [4.69, 9.17) is 17.3 Å². The maximum Gasteiger partial charge on any atom is 0.323 e. The molecular weight excluding hydrogens is 308 g/mol. The maximum absolute atomic E-state index is 12.1. The molecule has 1 amide bonds. The number of rotatable bonds is 4. The van der Waals surface area contributed by atoms with Gasteiger partial charge in [0.2, 0.25) is 0 Å². The van der Waals surface area contributed by atoms with Crippen molar-refractivity contribution in [1.82, 2.24) is 4.90 Å². The van der Waals surface area contributed by atoms with Crippen LogP contribution in [-0.4, -0.2) is 46.8 Å². The van der Waals surface area contributed by atoms with E-state index in [2.05, 4.69) is 0 Å². The lowest BCUT2D eigenvalue weighted by atomic mass is 10.2. The van der Waals surface area contributed by atoms with Gasteiger partial charge in [-0.25, -0.2) is 0 Å². The first kappa shape index (κ1) is 15.5. The monoisotopic (exact) mass is 322 g/mol. The first-order valence-corrected chi connectivity index (χ1v) is 7.35. The minimum absolute atomic E-state index is 0.276. The van der Waals surface area contributed by atoms with E-state index in [9.17, 15) is 9.59 Å². The third kappa shape index (κ3) is 3.62. The van der Waals surface area contributed by atoms with E-state index < -0.39 is 12.5 Å². The van der Waals surface area contributed by atoms with Crippen LogP contribution in [0.4, 0.5) is 5.69 Å². The molecule has 0 saturated carbocycles. The molecule has 0 unspecified atom stereocenters. The summed E-state index contributed by atoms with van der Waals surface area (Å²) < 4.78 is 0.276. The van der Waals surface area contributed by atoms with Crippen LogP contribution in [0.15, 0.2) is 29.2 Å². The number of carbonyl (C=O) groups excluding carboxylic acids is 1. The predicted molar refractivity (Wildman–Crippen MR) is 88.3 cm³/mol. The van der Waals surface area contributed by atoms with Crippen LogP contribution < -0.4 is 4.90 Å². The van der Waals surface area contributed by atoms with Crippen LogP contribution in [0.25, 0.3) is 6.08 Å². The third-order valence-electron chi connectivity index (χ3n) is 2.87. The number of hydrogen-bond acceptors (Lipinski definition) is 5. The quantitative estimate of drug-likeness (QED) is 0.676. The number of nitrogens with zero attached hydrogens (tertiary/aromatic N) is 2. The van der Waals surface area contributed by atoms with Gasteiger partial charge in [0.25, 0.3) is 5.91 Å². The number of benzene rings is 1. The van der Waals surface area contributed by atoms with Gasteiger partial charge in [-0.1, -0.05) is 36.1 Å². The topological polar surface area (TPSA) is 60.9 Å². The maximum atomic E-state index is 12.1. The van der Waals surface area contributed by atoms with E-state index in [0.717, 1.165) is 27.9 Å². The van der Waals surface area contributed by atoms with Gasteiger partial charge in [0.1, 0.15) is 10.9 Å². The van der Waals surface area contributed by atoms with Crippen molar-refractivity contribution >= 4 is 51.9 Å². The van der Waals surface area contributed by atoms with Gasteiger partial charge in [-0.05, 0) is 23.8 Å². The molecule has 21 heavy (non-hydrogen) atoms. The molecule has 0 aliphatic carbocycles. The van der Waals surface area contributed by atoms with Crippen LogP contribution in [0.1, 0.15) is 5.56 Å². The van der Waals surface area contributed by atoms with Crippen molar-refractivity contribution in [3.05, 3.63) is 34.7 Å². The molecule has 1 heterocycles. The molecule has 1 aromatic rings. The molecule has 1 fully saturated rings.